The van der Waals surface area contributed by atoms with Crippen LogP contribution >= 0.6 is 0 Å². The highest BCUT2D eigenvalue weighted by Gasteiger charge is 2.25. The summed E-state index contributed by atoms with van der Waals surface area (Å²) < 4.78 is 27.7. The number of hydrogen-bond donors (Lipinski definition) is 1. The van der Waals surface area contributed by atoms with E-state index in [1.807, 2.05) is 0 Å². The molecule has 2 N–H and O–H groups in total. The fraction of sp³-hybridized carbons (Fsp3) is 0.263. The lowest BCUT2D eigenvalue weighted by Gasteiger charge is -2.35. The molecule has 0 saturated carbocycles. The Morgan fingerprint density at radius 3 is 1.57 bits per heavy atom. The van der Waals surface area contributed by atoms with Gasteiger partial charge in [0, 0.05) is 37.3 Å². The molecule has 0 radical (unpaired) electrons. The molecule has 2 amide bonds. The molecule has 3 rings (SSSR count). The minimum Gasteiger partial charge on any atom is -0.497 e. The number of ether oxygens (including phenoxy) is 1. The number of sulfonamides is 1. The first-order valence-corrected chi connectivity index (χ1v) is 10.2. The van der Waals surface area contributed by atoms with Gasteiger partial charge in [-0.05, 0) is 48.5 Å². The van der Waals surface area contributed by atoms with Crippen molar-refractivity contribution in [3.8, 4) is 5.75 Å². The Bertz CT molecular complexity index is 964. The Balaban J connectivity index is 1.61. The average molecular weight is 403 g/mol. The Morgan fingerprint density at radius 1 is 0.821 bits per heavy atom. The van der Waals surface area contributed by atoms with E-state index in [2.05, 4.69) is 0 Å². The Morgan fingerprint density at radius 2 is 1.21 bits per heavy atom. The minimum atomic E-state index is -3.79. The number of primary sulfonamides is 1. The van der Waals surface area contributed by atoms with Crippen LogP contribution in [0.15, 0.2) is 53.4 Å². The van der Waals surface area contributed by atoms with Gasteiger partial charge in [-0.25, -0.2) is 13.6 Å². The van der Waals surface area contributed by atoms with Gasteiger partial charge in [0.2, 0.25) is 10.0 Å². The number of carbonyl (C=O) groups excluding carboxylic acids is 2. The van der Waals surface area contributed by atoms with E-state index in [1.54, 1.807) is 41.2 Å². The van der Waals surface area contributed by atoms with E-state index in [4.69, 9.17) is 9.88 Å². The second-order valence-corrected chi connectivity index (χ2v) is 7.94. The maximum Gasteiger partial charge on any atom is 0.253 e. The third-order valence-electron chi connectivity index (χ3n) is 4.62. The molecule has 0 unspecified atom stereocenters. The van der Waals surface area contributed by atoms with Gasteiger partial charge in [-0.15, -0.1) is 0 Å². The van der Waals surface area contributed by atoms with Crippen molar-refractivity contribution in [2.24, 2.45) is 5.14 Å². The van der Waals surface area contributed by atoms with Crippen molar-refractivity contribution in [1.29, 1.82) is 0 Å². The van der Waals surface area contributed by atoms with Gasteiger partial charge in [0.1, 0.15) is 5.75 Å². The maximum absolute atomic E-state index is 12.6. The summed E-state index contributed by atoms with van der Waals surface area (Å²) in [4.78, 5) is 28.5. The van der Waals surface area contributed by atoms with Crippen LogP contribution in [0.2, 0.25) is 0 Å². The summed E-state index contributed by atoms with van der Waals surface area (Å²) in [5.74, 6) is 0.380. The van der Waals surface area contributed by atoms with Crippen LogP contribution in [0.1, 0.15) is 20.7 Å². The number of rotatable bonds is 4. The normalized spacial score (nSPS) is 14.6. The number of piperazine rings is 1. The lowest BCUT2D eigenvalue weighted by Crippen LogP contribution is -2.50. The van der Waals surface area contributed by atoms with E-state index < -0.39 is 10.0 Å². The minimum absolute atomic E-state index is 0.0426. The van der Waals surface area contributed by atoms with Gasteiger partial charge in [0.05, 0.1) is 12.0 Å². The van der Waals surface area contributed by atoms with Crippen molar-refractivity contribution in [1.82, 2.24) is 9.80 Å². The van der Waals surface area contributed by atoms with Crippen molar-refractivity contribution in [3.05, 3.63) is 59.7 Å². The third-order valence-corrected chi connectivity index (χ3v) is 5.55. The van der Waals surface area contributed by atoms with Crippen LogP contribution in [0, 0.1) is 0 Å². The van der Waals surface area contributed by atoms with Crippen molar-refractivity contribution in [3.63, 3.8) is 0 Å². The highest BCUT2D eigenvalue weighted by Crippen LogP contribution is 2.16. The standard InChI is InChI=1S/C19H21N3O5S/c1-27-16-6-2-14(3-7-16)18(23)21-10-12-22(13-11-21)19(24)15-4-8-17(9-5-15)28(20,25)26/h2-9H,10-13H2,1H3,(H2,20,25,26). The van der Waals surface area contributed by atoms with Gasteiger partial charge in [0.15, 0.2) is 0 Å². The number of nitrogens with zero attached hydrogens (tertiary/aromatic N) is 2. The third kappa shape index (κ3) is 4.32. The largest absolute Gasteiger partial charge is 0.497 e. The average Bonchev–Trinajstić information content (AvgIpc) is 2.72. The van der Waals surface area contributed by atoms with Crippen molar-refractivity contribution in [2.75, 3.05) is 33.3 Å². The van der Waals surface area contributed by atoms with Crippen LogP contribution < -0.4 is 9.88 Å². The molecule has 1 saturated heterocycles. The molecule has 28 heavy (non-hydrogen) atoms. The molecule has 2 aromatic carbocycles. The van der Waals surface area contributed by atoms with E-state index >= 15 is 0 Å². The Labute approximate surface area is 163 Å². The number of amides is 2. The number of methoxy groups -OCH3 is 1. The molecule has 8 nitrogen and oxygen atoms in total. The molecule has 1 aliphatic heterocycles. The molecule has 1 aliphatic rings. The quantitative estimate of drug-likeness (QED) is 0.817. The lowest BCUT2D eigenvalue weighted by atomic mass is 10.1. The van der Waals surface area contributed by atoms with E-state index in [1.165, 1.54) is 24.3 Å². The van der Waals surface area contributed by atoms with Crippen LogP contribution in [-0.4, -0.2) is 63.3 Å². The highest BCUT2D eigenvalue weighted by atomic mass is 32.2. The molecule has 0 spiro atoms. The molecule has 9 heteroatoms. The summed E-state index contributed by atoms with van der Waals surface area (Å²) in [6.45, 7) is 1.65. The summed E-state index contributed by atoms with van der Waals surface area (Å²) >= 11 is 0. The fourth-order valence-corrected chi connectivity index (χ4v) is 3.51. The van der Waals surface area contributed by atoms with Crippen molar-refractivity contribution in [2.45, 2.75) is 4.90 Å². The molecule has 0 aliphatic carbocycles. The number of nitrogens with two attached hydrogens (primary N) is 1. The number of benzene rings is 2. The van der Waals surface area contributed by atoms with Gasteiger partial charge in [0.25, 0.3) is 11.8 Å². The molecule has 0 bridgehead atoms. The molecule has 1 heterocycles. The summed E-state index contributed by atoms with van der Waals surface area (Å²) in [7, 11) is -2.23. The summed E-state index contributed by atoms with van der Waals surface area (Å²) in [5.41, 5.74) is 0.946. The molecular formula is C19H21N3O5S. The van der Waals surface area contributed by atoms with Gasteiger partial charge >= 0.3 is 0 Å². The predicted octanol–water partition coefficient (Wildman–Crippen LogP) is 0.941. The first kappa shape index (κ1) is 19.8. The first-order chi connectivity index (χ1) is 13.3. The highest BCUT2D eigenvalue weighted by molar-refractivity contribution is 7.89. The molecular weight excluding hydrogens is 382 g/mol. The summed E-state index contributed by atoms with van der Waals surface area (Å²) in [6, 6.07) is 12.4. The topological polar surface area (TPSA) is 110 Å². The molecule has 1 fully saturated rings. The van der Waals surface area contributed by atoms with E-state index in [0.717, 1.165) is 0 Å². The van der Waals surface area contributed by atoms with E-state index in [-0.39, 0.29) is 16.7 Å². The van der Waals surface area contributed by atoms with Crippen LogP contribution in [0.3, 0.4) is 0 Å². The fourth-order valence-electron chi connectivity index (χ4n) is 3.00. The summed E-state index contributed by atoms with van der Waals surface area (Å²) in [6.07, 6.45) is 0. The number of hydrogen-bond acceptors (Lipinski definition) is 5. The van der Waals surface area contributed by atoms with Gasteiger partial charge in [-0.1, -0.05) is 0 Å². The SMILES string of the molecule is COc1ccc(C(=O)N2CCN(C(=O)c3ccc(S(N)(=O)=O)cc3)CC2)cc1. The lowest BCUT2D eigenvalue weighted by molar-refractivity contribution is 0.0535. The smallest absolute Gasteiger partial charge is 0.253 e. The van der Waals surface area contributed by atoms with Gasteiger partial charge in [-0.3, -0.25) is 9.59 Å². The van der Waals surface area contributed by atoms with Crippen LogP contribution in [0.4, 0.5) is 0 Å². The molecule has 0 aromatic heterocycles. The molecule has 2 aromatic rings. The maximum atomic E-state index is 12.6. The van der Waals surface area contributed by atoms with Crippen molar-refractivity contribution >= 4 is 21.8 Å². The summed E-state index contributed by atoms with van der Waals surface area (Å²) in [5, 5.41) is 5.07. The molecule has 0 atom stereocenters. The Hall–Kier alpha value is -2.91. The first-order valence-electron chi connectivity index (χ1n) is 8.65. The van der Waals surface area contributed by atoms with Crippen LogP contribution in [-0.2, 0) is 10.0 Å². The van der Waals surface area contributed by atoms with E-state index in [9.17, 15) is 18.0 Å². The van der Waals surface area contributed by atoms with Crippen LogP contribution in [0.25, 0.3) is 0 Å². The van der Waals surface area contributed by atoms with Crippen LogP contribution in [0.5, 0.6) is 5.75 Å². The Kier molecular flexibility index (Phi) is 5.66. The molecule has 148 valence electrons. The number of carbonyl (C=O) groups is 2. The van der Waals surface area contributed by atoms with Crippen molar-refractivity contribution < 1.29 is 22.7 Å². The second-order valence-electron chi connectivity index (χ2n) is 6.38. The van der Waals surface area contributed by atoms with E-state index in [0.29, 0.717) is 43.1 Å². The zero-order valence-electron chi connectivity index (χ0n) is 15.4. The monoisotopic (exact) mass is 403 g/mol. The van der Waals surface area contributed by atoms with Gasteiger partial charge < -0.3 is 14.5 Å². The zero-order chi connectivity index (χ0) is 20.3. The zero-order valence-corrected chi connectivity index (χ0v) is 16.2. The van der Waals surface area contributed by atoms with Gasteiger partial charge in [-0.2, -0.15) is 0 Å². The predicted molar refractivity (Wildman–Crippen MR) is 103 cm³/mol. The second kappa shape index (κ2) is 7.99.